The lowest BCUT2D eigenvalue weighted by atomic mass is 10.2. The van der Waals surface area contributed by atoms with Gasteiger partial charge in [0.2, 0.25) is 0 Å². The second kappa shape index (κ2) is 6.60. The molecule has 0 heterocycles. The Morgan fingerprint density at radius 1 is 1.33 bits per heavy atom. The molecule has 6 heteroatoms. The summed E-state index contributed by atoms with van der Waals surface area (Å²) in [7, 11) is -3.66. The second-order valence-corrected chi connectivity index (χ2v) is 4.20. The fourth-order valence-corrected chi connectivity index (χ4v) is 1.71. The standard InChI is InChI=1S/C9H12O3S.OS/c1-3-12-13(10,11)9-6-4-8(2)5-7-9;1-2/h4-7H,3H2,1-2H3;/i1T;. The van der Waals surface area contributed by atoms with E-state index in [1.165, 1.54) is 12.1 Å². The highest BCUT2D eigenvalue weighted by Gasteiger charge is 2.12. The lowest BCUT2D eigenvalue weighted by Gasteiger charge is -2.02. The lowest BCUT2D eigenvalue weighted by Crippen LogP contribution is -2.05. The van der Waals surface area contributed by atoms with Gasteiger partial charge in [0.1, 0.15) is 0 Å². The van der Waals surface area contributed by atoms with Gasteiger partial charge in [-0.2, -0.15) is 12.6 Å². The molecule has 1 aromatic rings. The first kappa shape index (κ1) is 12.2. The van der Waals surface area contributed by atoms with Crippen molar-refractivity contribution < 1.29 is 18.2 Å². The molecule has 0 N–H and O–H groups in total. The summed E-state index contributed by atoms with van der Waals surface area (Å²) in [6.07, 6.45) is 0. The van der Waals surface area contributed by atoms with E-state index in [0.29, 0.717) is 0 Å². The summed E-state index contributed by atoms with van der Waals surface area (Å²) in [5.41, 5.74) is 0.990. The molecule has 0 bridgehead atoms. The molecule has 0 aromatic heterocycles. The van der Waals surface area contributed by atoms with Crippen molar-refractivity contribution in [2.45, 2.75) is 18.7 Å². The molecule has 0 saturated carbocycles. The van der Waals surface area contributed by atoms with Gasteiger partial charge in [-0.1, -0.05) is 17.7 Å². The molecule has 0 amide bonds. The van der Waals surface area contributed by atoms with E-state index in [4.69, 9.17) is 5.58 Å². The Morgan fingerprint density at radius 3 is 2.33 bits per heavy atom. The van der Waals surface area contributed by atoms with E-state index < -0.39 is 10.1 Å². The van der Waals surface area contributed by atoms with E-state index in [-0.39, 0.29) is 18.4 Å². The third kappa shape index (κ3) is 4.46. The Balaban J connectivity index is 0.00000106. The molecule has 0 unspecified atom stereocenters. The minimum atomic E-state index is -3.66. The molecule has 1 aromatic carbocycles. The number of rotatable bonds is 3. The highest BCUT2D eigenvalue weighted by Crippen LogP contribution is 2.12. The predicted molar refractivity (Wildman–Crippen MR) is 58.1 cm³/mol. The lowest BCUT2D eigenvalue weighted by molar-refractivity contribution is 0.338. The van der Waals surface area contributed by atoms with Gasteiger partial charge in [-0.3, -0.25) is 4.18 Å². The third-order valence-electron chi connectivity index (χ3n) is 1.55. The quantitative estimate of drug-likeness (QED) is 0.759. The summed E-state index contributed by atoms with van der Waals surface area (Å²) in [6, 6.07) is 6.40. The first-order chi connectivity index (χ1) is 7.56. The molecule has 0 atom stereocenters. The zero-order valence-corrected chi connectivity index (χ0v) is 9.81. The van der Waals surface area contributed by atoms with E-state index in [1.807, 2.05) is 6.92 Å². The smallest absolute Gasteiger partial charge is 0.267 e. The Kier molecular flexibility index (Phi) is 5.38. The van der Waals surface area contributed by atoms with Crippen LogP contribution >= 0.6 is 0 Å². The average Bonchev–Trinajstić information content (AvgIpc) is 2.30. The monoisotopic (exact) mass is 250 g/mol. The van der Waals surface area contributed by atoms with Crippen LogP contribution in [0.1, 0.15) is 13.8 Å². The average molecular weight is 250 g/mol. The van der Waals surface area contributed by atoms with Gasteiger partial charge in [0.05, 0.1) is 11.5 Å². The van der Waals surface area contributed by atoms with Crippen LogP contribution in [0.5, 0.6) is 0 Å². The molecule has 0 saturated heterocycles. The zero-order valence-electron chi connectivity index (χ0n) is 9.17. The summed E-state index contributed by atoms with van der Waals surface area (Å²) in [5, 5.41) is 0. The van der Waals surface area contributed by atoms with Crippen molar-refractivity contribution in [2.24, 2.45) is 0 Å². The molecule has 0 aliphatic rings. The Hall–Kier alpha value is -0.850. The van der Waals surface area contributed by atoms with E-state index in [2.05, 4.69) is 16.7 Å². The summed E-state index contributed by atoms with van der Waals surface area (Å²) >= 11 is 2.83. The van der Waals surface area contributed by atoms with Gasteiger partial charge >= 0.3 is 0 Å². The largest absolute Gasteiger partial charge is 0.296 e. The van der Waals surface area contributed by atoms with Crippen molar-refractivity contribution >= 4 is 22.7 Å². The van der Waals surface area contributed by atoms with Crippen LogP contribution in [0.3, 0.4) is 0 Å². The van der Waals surface area contributed by atoms with Gasteiger partial charge in [0.25, 0.3) is 10.1 Å². The molecule has 0 spiro atoms. The van der Waals surface area contributed by atoms with Crippen LogP contribution in [0.2, 0.25) is 0 Å². The van der Waals surface area contributed by atoms with Gasteiger partial charge in [-0.15, -0.1) is 0 Å². The van der Waals surface area contributed by atoms with Crippen molar-refractivity contribution in [3.8, 4) is 0 Å². The van der Waals surface area contributed by atoms with Crippen LogP contribution in [0.4, 0.5) is 0 Å². The van der Waals surface area contributed by atoms with Crippen molar-refractivity contribution in [1.29, 1.82) is 0 Å². The Bertz CT molecular complexity index is 402. The first-order valence-corrected chi connectivity index (χ1v) is 5.72. The van der Waals surface area contributed by atoms with Gasteiger partial charge in [-0.05, 0) is 26.0 Å². The van der Waals surface area contributed by atoms with E-state index in [0.717, 1.165) is 5.56 Å². The first-order valence-electron chi connectivity index (χ1n) is 4.69. The molecule has 4 nitrogen and oxygen atoms in total. The third-order valence-corrected chi connectivity index (χ3v) is 2.87. The maximum Gasteiger partial charge on any atom is 0.296 e. The molecule has 0 aliphatic carbocycles. The molecular formula is C9H12O4S2. The van der Waals surface area contributed by atoms with Crippen molar-refractivity contribution in [3.63, 3.8) is 0 Å². The van der Waals surface area contributed by atoms with E-state index in [9.17, 15) is 8.42 Å². The molecule has 0 radical (unpaired) electrons. The SMILES string of the molecule is O=S.[3H]CCOS(=O)(=O)c1ccc(C)cc1. The predicted octanol–water partition coefficient (Wildman–Crippen LogP) is 1.38. The molecule has 0 fully saturated rings. The highest BCUT2D eigenvalue weighted by molar-refractivity contribution is 7.86. The van der Waals surface area contributed by atoms with Crippen molar-refractivity contribution in [2.75, 3.05) is 6.61 Å². The van der Waals surface area contributed by atoms with Crippen LogP contribution in [0.15, 0.2) is 29.2 Å². The van der Waals surface area contributed by atoms with Crippen LogP contribution in [0, 0.1) is 6.92 Å². The van der Waals surface area contributed by atoms with Gasteiger partial charge in [0.15, 0.2) is 12.5 Å². The van der Waals surface area contributed by atoms with Gasteiger partial charge < -0.3 is 0 Å². The van der Waals surface area contributed by atoms with Crippen molar-refractivity contribution in [3.05, 3.63) is 29.8 Å². The second-order valence-electron chi connectivity index (χ2n) is 2.59. The van der Waals surface area contributed by atoms with Crippen LogP contribution < -0.4 is 0 Å². The minimum Gasteiger partial charge on any atom is -0.267 e. The summed E-state index contributed by atoms with van der Waals surface area (Å²) in [5.74, 6) is 0. The van der Waals surface area contributed by atoms with Crippen LogP contribution in [0.25, 0.3) is 0 Å². The number of aryl methyl sites for hydroxylation is 1. The summed E-state index contributed by atoms with van der Waals surface area (Å²) in [4.78, 5) is 0.136. The fraction of sp³-hybridized carbons (Fsp3) is 0.333. The number of hydrogen-bond donors (Lipinski definition) is 0. The Morgan fingerprint density at radius 2 is 1.87 bits per heavy atom. The molecule has 84 valence electrons. The summed E-state index contributed by atoms with van der Waals surface area (Å²) < 4.78 is 42.0. The molecular weight excluding hydrogens is 236 g/mol. The topological polar surface area (TPSA) is 60.4 Å². The normalized spacial score (nSPS) is 11.1. The zero-order chi connectivity index (χ0) is 12.6. The maximum atomic E-state index is 11.4. The van der Waals surface area contributed by atoms with Gasteiger partial charge in [0, 0.05) is 1.37 Å². The molecule has 0 aliphatic heterocycles. The fourth-order valence-electron chi connectivity index (χ4n) is 0.883. The maximum absolute atomic E-state index is 11.4. The van der Waals surface area contributed by atoms with Gasteiger partial charge in [-0.25, -0.2) is 0 Å². The molecule has 1 rings (SSSR count). The van der Waals surface area contributed by atoms with Crippen LogP contribution in [-0.2, 0) is 26.8 Å². The molecule has 15 heavy (non-hydrogen) atoms. The van der Waals surface area contributed by atoms with E-state index in [1.54, 1.807) is 12.1 Å². The number of benzene rings is 1. The minimum absolute atomic E-state index is 0.0644. The number of hydrogen-bond acceptors (Lipinski definition) is 5. The summed E-state index contributed by atoms with van der Waals surface area (Å²) in [6.45, 7) is 1.71. The van der Waals surface area contributed by atoms with E-state index >= 15 is 0 Å². The Labute approximate surface area is 96.3 Å². The van der Waals surface area contributed by atoms with Crippen molar-refractivity contribution in [1.82, 2.24) is 0 Å². The van der Waals surface area contributed by atoms with Crippen LogP contribution in [-0.4, -0.2) is 19.2 Å². The highest BCUT2D eigenvalue weighted by atomic mass is 32.2.